The molecular weight excluding hydrogens is 453 g/mol. The average Bonchev–Trinajstić information content (AvgIpc) is 3.74. The highest BCUT2D eigenvalue weighted by Gasteiger charge is 2.30. The van der Waals surface area contributed by atoms with E-state index in [1.165, 1.54) is 11.6 Å². The van der Waals surface area contributed by atoms with E-state index in [9.17, 15) is 5.26 Å². The number of ether oxygens (including phenoxy) is 1. The minimum atomic E-state index is -0.676. The molecule has 8 heteroatoms. The first-order chi connectivity index (χ1) is 16.4. The van der Waals surface area contributed by atoms with Gasteiger partial charge in [0, 0.05) is 24.1 Å². The van der Waals surface area contributed by atoms with Crippen molar-refractivity contribution < 1.29 is 9.13 Å². The first-order valence-electron chi connectivity index (χ1n) is 11.3. The van der Waals surface area contributed by atoms with Crippen LogP contribution in [0.3, 0.4) is 0 Å². The molecule has 0 amide bonds. The van der Waals surface area contributed by atoms with Crippen molar-refractivity contribution >= 4 is 28.3 Å². The Hall–Kier alpha value is -3.63. The van der Waals surface area contributed by atoms with Gasteiger partial charge in [-0.1, -0.05) is 23.7 Å². The van der Waals surface area contributed by atoms with Gasteiger partial charge in [0.15, 0.2) is 5.82 Å². The Labute approximate surface area is 200 Å². The van der Waals surface area contributed by atoms with Gasteiger partial charge in [0.2, 0.25) is 0 Å². The standard InChI is InChI=1S/C26H21ClFN5O/c1-33-26(24-18(11-29)22(34-15-5-6-15)10-20(27)25(24)28)19(12-31-33)14-4-7-16-17(13-2-3-13)9-23(30)32-21(16)8-14/h4,7-10,12-13,15H,2-3,5-6H2,1H3,(H2,30,32). The number of nitrogens with zero attached hydrogens (tertiary/aromatic N) is 4. The second-order valence-electron chi connectivity index (χ2n) is 9.02. The number of nitriles is 1. The lowest BCUT2D eigenvalue weighted by atomic mass is 9.95. The Balaban J connectivity index is 1.55. The Kier molecular flexibility index (Phi) is 4.75. The Morgan fingerprint density at radius 2 is 2.00 bits per heavy atom. The van der Waals surface area contributed by atoms with E-state index in [2.05, 4.69) is 16.2 Å². The number of aromatic nitrogens is 3. The summed E-state index contributed by atoms with van der Waals surface area (Å²) >= 11 is 6.25. The zero-order chi connectivity index (χ0) is 23.6. The van der Waals surface area contributed by atoms with Gasteiger partial charge in [0.25, 0.3) is 0 Å². The van der Waals surface area contributed by atoms with E-state index in [1.807, 2.05) is 24.3 Å². The summed E-state index contributed by atoms with van der Waals surface area (Å²) in [5.41, 5.74) is 10.2. The lowest BCUT2D eigenvalue weighted by molar-refractivity contribution is 0.302. The number of nitrogen functional groups attached to an aromatic ring is 1. The van der Waals surface area contributed by atoms with Crippen molar-refractivity contribution in [3.63, 3.8) is 0 Å². The molecule has 2 aromatic carbocycles. The van der Waals surface area contributed by atoms with Crippen LogP contribution in [0.5, 0.6) is 5.75 Å². The molecule has 0 unspecified atom stereocenters. The maximum Gasteiger partial charge on any atom is 0.152 e. The molecule has 2 aliphatic carbocycles. The predicted octanol–water partition coefficient (Wildman–Crippen LogP) is 5.97. The number of aryl methyl sites for hydroxylation is 1. The topological polar surface area (TPSA) is 89.8 Å². The minimum Gasteiger partial charge on any atom is -0.489 e. The van der Waals surface area contributed by atoms with E-state index in [0.717, 1.165) is 42.1 Å². The third kappa shape index (κ3) is 3.46. The molecule has 0 saturated heterocycles. The lowest BCUT2D eigenvalue weighted by Crippen LogP contribution is -2.04. The molecule has 0 aliphatic heterocycles. The van der Waals surface area contributed by atoms with E-state index in [-0.39, 0.29) is 22.3 Å². The molecule has 0 spiro atoms. The van der Waals surface area contributed by atoms with E-state index in [1.54, 1.807) is 17.9 Å². The van der Waals surface area contributed by atoms with Crippen LogP contribution in [0.2, 0.25) is 5.02 Å². The van der Waals surface area contributed by atoms with Crippen molar-refractivity contribution in [3.05, 3.63) is 58.5 Å². The maximum atomic E-state index is 15.5. The van der Waals surface area contributed by atoms with Crippen LogP contribution in [-0.2, 0) is 7.05 Å². The summed E-state index contributed by atoms with van der Waals surface area (Å²) in [5.74, 6) is 0.620. The highest BCUT2D eigenvalue weighted by Crippen LogP contribution is 2.45. The van der Waals surface area contributed by atoms with Crippen LogP contribution >= 0.6 is 11.6 Å². The Morgan fingerprint density at radius 1 is 1.21 bits per heavy atom. The maximum absolute atomic E-state index is 15.5. The van der Waals surface area contributed by atoms with Gasteiger partial charge >= 0.3 is 0 Å². The SMILES string of the molecule is Cn1ncc(-c2ccc3c(C4CC4)cc(N)nc3c2)c1-c1c(F)c(Cl)cc(OC2CC2)c1C#N. The summed E-state index contributed by atoms with van der Waals surface area (Å²) in [6.45, 7) is 0. The number of halogens is 2. The summed E-state index contributed by atoms with van der Waals surface area (Å²) < 4.78 is 22.9. The zero-order valence-corrected chi connectivity index (χ0v) is 19.2. The number of rotatable bonds is 5. The number of anilines is 1. The molecular formula is C26H21ClFN5O. The molecule has 2 fully saturated rings. The summed E-state index contributed by atoms with van der Waals surface area (Å²) in [6.07, 6.45) is 5.81. The second-order valence-corrected chi connectivity index (χ2v) is 9.43. The van der Waals surface area contributed by atoms with Crippen LogP contribution in [0, 0.1) is 17.1 Å². The fourth-order valence-corrected chi connectivity index (χ4v) is 4.71. The lowest BCUT2D eigenvalue weighted by Gasteiger charge is -2.15. The monoisotopic (exact) mass is 473 g/mol. The molecule has 0 bridgehead atoms. The van der Waals surface area contributed by atoms with Crippen LogP contribution in [0.1, 0.15) is 42.7 Å². The molecule has 0 radical (unpaired) electrons. The molecule has 2 heterocycles. The first kappa shape index (κ1) is 20.9. The van der Waals surface area contributed by atoms with Crippen LogP contribution < -0.4 is 10.5 Å². The van der Waals surface area contributed by atoms with E-state index >= 15 is 4.39 Å². The van der Waals surface area contributed by atoms with Crippen molar-refractivity contribution in [2.75, 3.05) is 5.73 Å². The molecule has 2 saturated carbocycles. The van der Waals surface area contributed by atoms with E-state index < -0.39 is 5.82 Å². The van der Waals surface area contributed by atoms with Crippen molar-refractivity contribution in [1.29, 1.82) is 5.26 Å². The smallest absolute Gasteiger partial charge is 0.152 e. The molecule has 2 N–H and O–H groups in total. The summed E-state index contributed by atoms with van der Waals surface area (Å²) in [4.78, 5) is 4.54. The number of benzene rings is 2. The fraction of sp³-hybridized carbons (Fsp3) is 0.269. The molecule has 0 atom stereocenters. The Morgan fingerprint density at radius 3 is 2.71 bits per heavy atom. The van der Waals surface area contributed by atoms with Gasteiger partial charge in [-0.2, -0.15) is 10.4 Å². The third-order valence-corrected chi connectivity index (χ3v) is 6.75. The van der Waals surface area contributed by atoms with Crippen LogP contribution in [0.25, 0.3) is 33.3 Å². The van der Waals surface area contributed by atoms with Crippen LogP contribution in [0.4, 0.5) is 10.2 Å². The van der Waals surface area contributed by atoms with Gasteiger partial charge in [0.05, 0.1) is 34.1 Å². The first-order valence-corrected chi connectivity index (χ1v) is 11.6. The molecule has 34 heavy (non-hydrogen) atoms. The summed E-state index contributed by atoms with van der Waals surface area (Å²) in [5, 5.41) is 15.3. The molecule has 4 aromatic rings. The number of hydrogen-bond acceptors (Lipinski definition) is 5. The summed E-state index contributed by atoms with van der Waals surface area (Å²) in [6, 6.07) is 11.4. The largest absolute Gasteiger partial charge is 0.489 e. The van der Waals surface area contributed by atoms with E-state index in [0.29, 0.717) is 28.7 Å². The number of fused-ring (bicyclic) bond motifs is 1. The van der Waals surface area contributed by atoms with Gasteiger partial charge in [-0.3, -0.25) is 4.68 Å². The van der Waals surface area contributed by atoms with Crippen molar-refractivity contribution in [3.8, 4) is 34.2 Å². The normalized spacial score (nSPS) is 15.5. The molecule has 2 aromatic heterocycles. The third-order valence-electron chi connectivity index (χ3n) is 6.48. The molecule has 6 nitrogen and oxygen atoms in total. The van der Waals surface area contributed by atoms with Crippen LogP contribution in [-0.4, -0.2) is 20.9 Å². The molecule has 170 valence electrons. The van der Waals surface area contributed by atoms with E-state index in [4.69, 9.17) is 22.1 Å². The molecule has 2 aliphatic rings. The molecule has 6 rings (SSSR count). The van der Waals surface area contributed by atoms with Gasteiger partial charge in [-0.05, 0) is 54.9 Å². The fourth-order valence-electron chi connectivity index (χ4n) is 4.52. The van der Waals surface area contributed by atoms with Crippen LogP contribution in [0.15, 0.2) is 36.5 Å². The van der Waals surface area contributed by atoms with Crippen molar-refractivity contribution in [2.24, 2.45) is 7.05 Å². The second kappa shape index (κ2) is 7.71. The van der Waals surface area contributed by atoms with Gasteiger partial charge in [0.1, 0.15) is 23.2 Å². The highest BCUT2D eigenvalue weighted by atomic mass is 35.5. The number of pyridine rings is 1. The highest BCUT2D eigenvalue weighted by molar-refractivity contribution is 6.31. The Bertz CT molecular complexity index is 1510. The summed E-state index contributed by atoms with van der Waals surface area (Å²) in [7, 11) is 1.71. The van der Waals surface area contributed by atoms with Crippen molar-refractivity contribution in [2.45, 2.75) is 37.7 Å². The average molecular weight is 474 g/mol. The van der Waals surface area contributed by atoms with Gasteiger partial charge in [-0.15, -0.1) is 0 Å². The van der Waals surface area contributed by atoms with Gasteiger partial charge < -0.3 is 10.5 Å². The number of hydrogen-bond donors (Lipinski definition) is 1. The van der Waals surface area contributed by atoms with Gasteiger partial charge in [-0.25, -0.2) is 9.37 Å². The predicted molar refractivity (Wildman–Crippen MR) is 129 cm³/mol. The number of nitrogens with two attached hydrogens (primary N) is 1. The van der Waals surface area contributed by atoms with Crippen molar-refractivity contribution in [1.82, 2.24) is 14.8 Å². The zero-order valence-electron chi connectivity index (χ0n) is 18.5. The minimum absolute atomic E-state index is 0.0326. The quantitative estimate of drug-likeness (QED) is 0.386.